The van der Waals surface area contributed by atoms with Gasteiger partial charge in [-0.05, 0) is 51.0 Å². The van der Waals surface area contributed by atoms with Crippen molar-refractivity contribution in [2.75, 3.05) is 18.4 Å². The molecule has 1 aliphatic heterocycles. The highest BCUT2D eigenvalue weighted by Gasteiger charge is 2.28. The van der Waals surface area contributed by atoms with E-state index < -0.39 is 11.4 Å². The van der Waals surface area contributed by atoms with Gasteiger partial charge in [-0.3, -0.25) is 4.40 Å². The lowest BCUT2D eigenvalue weighted by atomic mass is 10.1. The van der Waals surface area contributed by atoms with Crippen LogP contribution in [0.1, 0.15) is 33.6 Å². The second-order valence-electron chi connectivity index (χ2n) is 9.69. The fourth-order valence-corrected chi connectivity index (χ4v) is 4.05. The normalized spacial score (nSPS) is 16.4. The Kier molecular flexibility index (Phi) is 5.98. The van der Waals surface area contributed by atoms with Gasteiger partial charge in [0.1, 0.15) is 34.3 Å². The van der Waals surface area contributed by atoms with Crippen LogP contribution < -0.4 is 5.32 Å². The first-order chi connectivity index (χ1) is 17.1. The average molecular weight is 495 g/mol. The number of halogens is 1. The summed E-state index contributed by atoms with van der Waals surface area (Å²) in [7, 11) is 1.66. The van der Waals surface area contributed by atoms with Gasteiger partial charge in [-0.25, -0.2) is 24.1 Å². The topological polar surface area (TPSA) is 128 Å². The Hall–Kier alpha value is -4.16. The molecule has 5 heterocycles. The van der Waals surface area contributed by atoms with Crippen molar-refractivity contribution in [3.8, 4) is 23.0 Å². The number of anilines is 1. The first kappa shape index (κ1) is 23.6. The first-order valence-electron chi connectivity index (χ1n) is 11.7. The maximum absolute atomic E-state index is 14.0. The van der Waals surface area contributed by atoms with Crippen molar-refractivity contribution in [2.45, 2.75) is 45.3 Å². The molecule has 12 nitrogen and oxygen atoms in total. The first-order valence-corrected chi connectivity index (χ1v) is 11.7. The van der Waals surface area contributed by atoms with Crippen molar-refractivity contribution in [1.29, 1.82) is 0 Å². The summed E-state index contributed by atoms with van der Waals surface area (Å²) in [5.41, 5.74) is 0.956. The maximum Gasteiger partial charge on any atom is 0.410 e. The number of hydrogen-bond donors (Lipinski definition) is 1. The van der Waals surface area contributed by atoms with E-state index in [-0.39, 0.29) is 12.1 Å². The largest absolute Gasteiger partial charge is 0.444 e. The Morgan fingerprint density at radius 2 is 2.06 bits per heavy atom. The van der Waals surface area contributed by atoms with E-state index in [4.69, 9.17) is 4.74 Å². The van der Waals surface area contributed by atoms with E-state index in [1.807, 2.05) is 20.8 Å². The number of nitrogens with zero attached hydrogens (tertiary/aromatic N) is 9. The Labute approximate surface area is 206 Å². The lowest BCUT2D eigenvalue weighted by Gasteiger charge is -2.34. The van der Waals surface area contributed by atoms with E-state index in [2.05, 4.69) is 35.7 Å². The number of carbonyl (C=O) groups excluding carboxylic acids is 1. The van der Waals surface area contributed by atoms with Gasteiger partial charge in [0.15, 0.2) is 5.82 Å². The van der Waals surface area contributed by atoms with Crippen molar-refractivity contribution in [3.05, 3.63) is 36.4 Å². The van der Waals surface area contributed by atoms with E-state index >= 15 is 0 Å². The minimum absolute atomic E-state index is 0.0590. The van der Waals surface area contributed by atoms with Gasteiger partial charge in [0.25, 0.3) is 0 Å². The molecular weight excluding hydrogens is 467 g/mol. The zero-order chi connectivity index (χ0) is 25.4. The highest BCUT2D eigenvalue weighted by atomic mass is 19.1. The molecule has 4 aromatic heterocycles. The summed E-state index contributed by atoms with van der Waals surface area (Å²) in [6.45, 7) is 6.64. The van der Waals surface area contributed by atoms with Crippen LogP contribution in [0.2, 0.25) is 0 Å². The molecule has 1 amide bonds. The quantitative estimate of drug-likeness (QED) is 0.455. The number of fused-ring (bicyclic) bond motifs is 1. The number of piperidine rings is 1. The number of pyridine rings is 1. The number of amides is 1. The summed E-state index contributed by atoms with van der Waals surface area (Å²) in [5, 5.41) is 15.7. The Morgan fingerprint density at radius 3 is 2.81 bits per heavy atom. The maximum atomic E-state index is 14.0. The molecule has 5 rings (SSSR count). The molecule has 1 fully saturated rings. The fraction of sp³-hybridized carbons (Fsp3) is 0.435. The number of tetrazole rings is 1. The molecule has 0 aliphatic carbocycles. The smallest absolute Gasteiger partial charge is 0.410 e. The van der Waals surface area contributed by atoms with Crippen molar-refractivity contribution in [3.63, 3.8) is 0 Å². The molecule has 1 aliphatic rings. The van der Waals surface area contributed by atoms with Gasteiger partial charge in [-0.15, -0.1) is 10.2 Å². The molecule has 1 atom stereocenters. The van der Waals surface area contributed by atoms with Gasteiger partial charge in [0, 0.05) is 31.4 Å². The van der Waals surface area contributed by atoms with Crippen LogP contribution in [0.25, 0.3) is 28.7 Å². The summed E-state index contributed by atoms with van der Waals surface area (Å²) in [6.07, 6.45) is 4.25. The molecule has 1 N–H and O–H groups in total. The standard InChI is InChI=1S/C23H27FN10O2/c1-23(2,3)36-22(35)33-9-5-6-15(13-33)26-18-10-16(20-29-31-32(4)30-20)27-21(28-18)17-11-25-19-8-7-14(24)12-34(17)19/h7-8,10-12,15H,5-6,9,13H2,1-4H3,(H,26,27,28)/t15-/m1/s1. The molecular formula is C23H27FN10O2. The number of hydrogen-bond acceptors (Lipinski definition) is 9. The van der Waals surface area contributed by atoms with E-state index in [1.165, 1.54) is 17.1 Å². The number of ether oxygens (including phenoxy) is 1. The van der Waals surface area contributed by atoms with Gasteiger partial charge in [-0.1, -0.05) is 0 Å². The van der Waals surface area contributed by atoms with Crippen LogP contribution in [0, 0.1) is 5.82 Å². The predicted molar refractivity (Wildman–Crippen MR) is 128 cm³/mol. The average Bonchev–Trinajstić information content (AvgIpc) is 3.44. The third kappa shape index (κ3) is 5.09. The molecule has 4 aromatic rings. The third-order valence-electron chi connectivity index (χ3n) is 5.59. The van der Waals surface area contributed by atoms with Crippen molar-refractivity contribution in [2.24, 2.45) is 7.05 Å². The number of imidazole rings is 1. The molecule has 0 radical (unpaired) electrons. The number of rotatable bonds is 4. The molecule has 1 saturated heterocycles. The summed E-state index contributed by atoms with van der Waals surface area (Å²) >= 11 is 0. The summed E-state index contributed by atoms with van der Waals surface area (Å²) in [5.74, 6) is 0.754. The minimum Gasteiger partial charge on any atom is -0.444 e. The van der Waals surface area contributed by atoms with Crippen LogP contribution >= 0.6 is 0 Å². The number of aromatic nitrogens is 8. The monoisotopic (exact) mass is 494 g/mol. The summed E-state index contributed by atoms with van der Waals surface area (Å²) in [4.78, 5) is 29.3. The highest BCUT2D eigenvalue weighted by Crippen LogP contribution is 2.25. The van der Waals surface area contributed by atoms with Crippen LogP contribution in [-0.4, -0.2) is 75.3 Å². The molecule has 188 valence electrons. The van der Waals surface area contributed by atoms with Gasteiger partial charge >= 0.3 is 6.09 Å². The Morgan fingerprint density at radius 1 is 1.22 bits per heavy atom. The second kappa shape index (κ2) is 9.13. The van der Waals surface area contributed by atoms with Crippen LogP contribution in [0.3, 0.4) is 0 Å². The number of nitrogens with one attached hydrogen (secondary N) is 1. The zero-order valence-corrected chi connectivity index (χ0v) is 20.5. The molecule has 36 heavy (non-hydrogen) atoms. The number of carbonyl (C=O) groups is 1. The minimum atomic E-state index is -0.564. The van der Waals surface area contributed by atoms with Crippen LogP contribution in [0.4, 0.5) is 15.0 Å². The van der Waals surface area contributed by atoms with Gasteiger partial charge in [-0.2, -0.15) is 4.80 Å². The van der Waals surface area contributed by atoms with Crippen molar-refractivity contribution < 1.29 is 13.9 Å². The SMILES string of the molecule is Cn1nnc(-c2cc(N[C@@H]3CCCN(C(=O)OC(C)(C)C)C3)nc(-c3cnc4ccc(F)cn34)n2)n1. The van der Waals surface area contributed by atoms with Gasteiger partial charge in [0.05, 0.1) is 13.2 Å². The zero-order valence-electron chi connectivity index (χ0n) is 20.5. The lowest BCUT2D eigenvalue weighted by Crippen LogP contribution is -2.47. The van der Waals surface area contributed by atoms with Gasteiger partial charge in [0.2, 0.25) is 5.82 Å². The van der Waals surface area contributed by atoms with E-state index in [0.717, 1.165) is 12.8 Å². The second-order valence-corrected chi connectivity index (χ2v) is 9.69. The molecule has 0 spiro atoms. The molecule has 0 saturated carbocycles. The van der Waals surface area contributed by atoms with Crippen molar-refractivity contribution in [1.82, 2.24) is 44.5 Å². The molecule has 13 heteroatoms. The highest BCUT2D eigenvalue weighted by molar-refractivity contribution is 5.68. The van der Waals surface area contributed by atoms with Crippen LogP contribution in [-0.2, 0) is 11.8 Å². The summed E-state index contributed by atoms with van der Waals surface area (Å²) in [6, 6.07) is 4.60. The fourth-order valence-electron chi connectivity index (χ4n) is 4.05. The predicted octanol–water partition coefficient (Wildman–Crippen LogP) is 2.93. The summed E-state index contributed by atoms with van der Waals surface area (Å²) < 4.78 is 21.1. The lowest BCUT2D eigenvalue weighted by molar-refractivity contribution is 0.0206. The Balaban J connectivity index is 1.47. The van der Waals surface area contributed by atoms with E-state index in [0.29, 0.717) is 47.6 Å². The van der Waals surface area contributed by atoms with E-state index in [9.17, 15) is 9.18 Å². The Bertz CT molecular complexity index is 1410. The molecule has 0 unspecified atom stereocenters. The van der Waals surface area contributed by atoms with Crippen molar-refractivity contribution >= 4 is 17.6 Å². The third-order valence-corrected chi connectivity index (χ3v) is 5.59. The number of aryl methyl sites for hydroxylation is 1. The number of likely N-dealkylation sites (tertiary alicyclic amines) is 1. The van der Waals surface area contributed by atoms with Crippen LogP contribution in [0.5, 0.6) is 0 Å². The van der Waals surface area contributed by atoms with Crippen LogP contribution in [0.15, 0.2) is 30.6 Å². The molecule has 0 bridgehead atoms. The van der Waals surface area contributed by atoms with E-state index in [1.54, 1.807) is 34.7 Å². The molecule has 0 aromatic carbocycles. The van der Waals surface area contributed by atoms with Gasteiger partial charge < -0.3 is 15.0 Å².